The average Bonchev–Trinajstić information content (AvgIpc) is 2.32. The third kappa shape index (κ3) is 4.23. The van der Waals surface area contributed by atoms with Crippen LogP contribution in [0.5, 0.6) is 0 Å². The fourth-order valence-electron chi connectivity index (χ4n) is 1.80. The molecule has 2 amide bonds. The summed E-state index contributed by atoms with van der Waals surface area (Å²) < 4.78 is 0.950. The molecule has 0 aliphatic heterocycles. The molecule has 3 N–H and O–H groups in total. The lowest BCUT2D eigenvalue weighted by Crippen LogP contribution is -2.42. The highest BCUT2D eigenvalue weighted by Gasteiger charge is 2.21. The van der Waals surface area contributed by atoms with Gasteiger partial charge in [-0.15, -0.1) is 0 Å². The van der Waals surface area contributed by atoms with Crippen molar-refractivity contribution in [2.24, 2.45) is 5.92 Å². The van der Waals surface area contributed by atoms with Gasteiger partial charge in [0.25, 0.3) is 0 Å². The van der Waals surface area contributed by atoms with E-state index in [1.807, 2.05) is 26.0 Å². The molecular weight excluding hydrogens is 324 g/mol. The van der Waals surface area contributed by atoms with Gasteiger partial charge in [0.15, 0.2) is 0 Å². The van der Waals surface area contributed by atoms with Crippen LogP contribution in [0.1, 0.15) is 25.0 Å². The molecule has 0 aliphatic rings. The molecule has 1 aromatic carbocycles. The van der Waals surface area contributed by atoms with E-state index in [2.05, 4.69) is 26.6 Å². The molecule has 6 heteroatoms. The molecule has 2 atom stereocenters. The highest BCUT2D eigenvalue weighted by molar-refractivity contribution is 9.10. The number of rotatable bonds is 4. The Kier molecular flexibility index (Phi) is 5.56. The van der Waals surface area contributed by atoms with Crippen LogP contribution in [0, 0.1) is 19.8 Å². The molecule has 0 bridgehead atoms. The van der Waals surface area contributed by atoms with E-state index in [0.717, 1.165) is 21.3 Å². The summed E-state index contributed by atoms with van der Waals surface area (Å²) in [6.07, 6.45) is 0. The Bertz CT molecular complexity index is 508. The number of carboxylic acids is 1. The molecule has 0 radical (unpaired) electrons. The second-order valence-corrected chi connectivity index (χ2v) is 5.84. The van der Waals surface area contributed by atoms with E-state index >= 15 is 0 Å². The second-order valence-electron chi connectivity index (χ2n) is 4.93. The number of anilines is 1. The summed E-state index contributed by atoms with van der Waals surface area (Å²) in [5.74, 6) is -1.58. The molecule has 110 valence electrons. The molecule has 20 heavy (non-hydrogen) atoms. The molecule has 0 saturated carbocycles. The van der Waals surface area contributed by atoms with Gasteiger partial charge in [-0.05, 0) is 51.0 Å². The Morgan fingerprint density at radius 3 is 2.15 bits per heavy atom. The molecular formula is C14H19BrN2O3. The van der Waals surface area contributed by atoms with Crippen molar-refractivity contribution in [3.8, 4) is 0 Å². The molecule has 0 heterocycles. The first kappa shape index (κ1) is 16.5. The number of nitrogens with one attached hydrogen (secondary N) is 2. The zero-order valence-electron chi connectivity index (χ0n) is 12.0. The standard InChI is InChI=1S/C14H19BrN2O3/c1-7-5-11(15)6-8(2)12(7)17-14(20)16-10(4)9(3)13(18)19/h5-6,9-10H,1-4H3,(H,18,19)(H2,16,17,20). The maximum Gasteiger partial charge on any atom is 0.319 e. The predicted molar refractivity (Wildman–Crippen MR) is 82.0 cm³/mol. The lowest BCUT2D eigenvalue weighted by molar-refractivity contribution is -0.141. The fourth-order valence-corrected chi connectivity index (χ4v) is 2.49. The summed E-state index contributed by atoms with van der Waals surface area (Å²) in [6.45, 7) is 7.02. The van der Waals surface area contributed by atoms with Gasteiger partial charge in [-0.25, -0.2) is 4.79 Å². The number of aryl methyl sites for hydroxylation is 2. The van der Waals surface area contributed by atoms with E-state index in [9.17, 15) is 9.59 Å². The zero-order valence-corrected chi connectivity index (χ0v) is 13.5. The Morgan fingerprint density at radius 2 is 1.70 bits per heavy atom. The number of hydrogen-bond donors (Lipinski definition) is 3. The van der Waals surface area contributed by atoms with Crippen molar-refractivity contribution >= 4 is 33.6 Å². The Morgan fingerprint density at radius 1 is 1.20 bits per heavy atom. The summed E-state index contributed by atoms with van der Waals surface area (Å²) in [7, 11) is 0. The maximum atomic E-state index is 11.9. The first-order valence-electron chi connectivity index (χ1n) is 6.29. The molecule has 0 aliphatic carbocycles. The molecule has 0 aromatic heterocycles. The summed E-state index contributed by atoms with van der Waals surface area (Å²) in [4.78, 5) is 22.8. The lowest BCUT2D eigenvalue weighted by Gasteiger charge is -2.19. The smallest absolute Gasteiger partial charge is 0.319 e. The number of carboxylic acid groups (broad SMARTS) is 1. The summed E-state index contributed by atoms with van der Waals surface area (Å²) in [5.41, 5.74) is 2.61. The zero-order chi connectivity index (χ0) is 15.4. The third-order valence-electron chi connectivity index (χ3n) is 3.23. The SMILES string of the molecule is Cc1cc(Br)cc(C)c1NC(=O)NC(C)C(C)C(=O)O. The van der Waals surface area contributed by atoms with Crippen molar-refractivity contribution in [1.29, 1.82) is 0 Å². The van der Waals surface area contributed by atoms with E-state index in [4.69, 9.17) is 5.11 Å². The number of carbonyl (C=O) groups is 2. The highest BCUT2D eigenvalue weighted by atomic mass is 79.9. The predicted octanol–water partition coefficient (Wildman–Crippen LogP) is 3.30. The topological polar surface area (TPSA) is 78.4 Å². The van der Waals surface area contributed by atoms with Crippen molar-refractivity contribution in [1.82, 2.24) is 5.32 Å². The molecule has 1 rings (SSSR count). The summed E-state index contributed by atoms with van der Waals surface area (Å²) in [5, 5.41) is 14.3. The third-order valence-corrected chi connectivity index (χ3v) is 3.69. The van der Waals surface area contributed by atoms with Gasteiger partial charge in [0.05, 0.1) is 5.92 Å². The lowest BCUT2D eigenvalue weighted by atomic mass is 10.0. The van der Waals surface area contributed by atoms with Crippen molar-refractivity contribution in [2.75, 3.05) is 5.32 Å². The summed E-state index contributed by atoms with van der Waals surface area (Å²) in [6, 6.07) is 2.96. The van der Waals surface area contributed by atoms with Crippen LogP contribution in [-0.4, -0.2) is 23.1 Å². The van der Waals surface area contributed by atoms with Gasteiger partial charge in [-0.2, -0.15) is 0 Å². The number of benzene rings is 1. The number of carbonyl (C=O) groups excluding carboxylic acids is 1. The molecule has 0 fully saturated rings. The Labute approximate surface area is 126 Å². The second kappa shape index (κ2) is 6.74. The maximum absolute atomic E-state index is 11.9. The number of amides is 2. The number of aliphatic carboxylic acids is 1. The normalized spacial score (nSPS) is 13.4. The van der Waals surface area contributed by atoms with Crippen molar-refractivity contribution < 1.29 is 14.7 Å². The van der Waals surface area contributed by atoms with E-state index in [0.29, 0.717) is 0 Å². The van der Waals surface area contributed by atoms with Gasteiger partial charge >= 0.3 is 12.0 Å². The highest BCUT2D eigenvalue weighted by Crippen LogP contribution is 2.25. The minimum absolute atomic E-state index is 0.404. The number of urea groups is 1. The average molecular weight is 343 g/mol. The van der Waals surface area contributed by atoms with E-state index in [-0.39, 0.29) is 0 Å². The van der Waals surface area contributed by atoms with Gasteiger partial charge < -0.3 is 15.7 Å². The van der Waals surface area contributed by atoms with Crippen LogP contribution in [-0.2, 0) is 4.79 Å². The van der Waals surface area contributed by atoms with Gasteiger partial charge in [0, 0.05) is 16.2 Å². The van der Waals surface area contributed by atoms with E-state index in [1.54, 1.807) is 13.8 Å². The quantitative estimate of drug-likeness (QED) is 0.785. The minimum Gasteiger partial charge on any atom is -0.481 e. The van der Waals surface area contributed by atoms with Crippen LogP contribution in [0.15, 0.2) is 16.6 Å². The Balaban J connectivity index is 2.75. The van der Waals surface area contributed by atoms with Crippen LogP contribution in [0.2, 0.25) is 0 Å². The van der Waals surface area contributed by atoms with E-state index in [1.165, 1.54) is 0 Å². The van der Waals surface area contributed by atoms with Crippen LogP contribution in [0.3, 0.4) is 0 Å². The first-order chi connectivity index (χ1) is 9.22. The van der Waals surface area contributed by atoms with Crippen LogP contribution < -0.4 is 10.6 Å². The van der Waals surface area contributed by atoms with E-state index < -0.39 is 24.0 Å². The fraction of sp³-hybridized carbons (Fsp3) is 0.429. The molecule has 0 saturated heterocycles. The van der Waals surface area contributed by atoms with Crippen molar-refractivity contribution in [3.05, 3.63) is 27.7 Å². The number of halogens is 1. The van der Waals surface area contributed by atoms with Crippen LogP contribution >= 0.6 is 15.9 Å². The van der Waals surface area contributed by atoms with Crippen LogP contribution in [0.25, 0.3) is 0 Å². The van der Waals surface area contributed by atoms with Gasteiger partial charge in [-0.1, -0.05) is 15.9 Å². The Hall–Kier alpha value is -1.56. The van der Waals surface area contributed by atoms with Gasteiger partial charge in [-0.3, -0.25) is 4.79 Å². The first-order valence-corrected chi connectivity index (χ1v) is 7.08. The van der Waals surface area contributed by atoms with Gasteiger partial charge in [0.1, 0.15) is 0 Å². The van der Waals surface area contributed by atoms with Crippen LogP contribution in [0.4, 0.5) is 10.5 Å². The monoisotopic (exact) mass is 342 g/mol. The van der Waals surface area contributed by atoms with Crippen molar-refractivity contribution in [2.45, 2.75) is 33.7 Å². The molecule has 2 unspecified atom stereocenters. The largest absolute Gasteiger partial charge is 0.481 e. The van der Waals surface area contributed by atoms with Crippen molar-refractivity contribution in [3.63, 3.8) is 0 Å². The van der Waals surface area contributed by atoms with Gasteiger partial charge in [0.2, 0.25) is 0 Å². The number of hydrogen-bond acceptors (Lipinski definition) is 2. The molecule has 0 spiro atoms. The molecule has 1 aromatic rings. The summed E-state index contributed by atoms with van der Waals surface area (Å²) >= 11 is 3.40. The minimum atomic E-state index is -0.936. The molecule has 5 nitrogen and oxygen atoms in total.